The van der Waals surface area contributed by atoms with Gasteiger partial charge in [-0.3, -0.25) is 4.79 Å². The molecule has 0 saturated carbocycles. The van der Waals surface area contributed by atoms with Crippen molar-refractivity contribution in [2.75, 3.05) is 44.4 Å². The third-order valence-corrected chi connectivity index (χ3v) is 3.06. The summed E-state index contributed by atoms with van der Waals surface area (Å²) in [5, 5.41) is 2.87. The van der Waals surface area contributed by atoms with E-state index < -0.39 is 0 Å². The fourth-order valence-electron chi connectivity index (χ4n) is 2.13. The van der Waals surface area contributed by atoms with Crippen LogP contribution in [0.5, 0.6) is 0 Å². The van der Waals surface area contributed by atoms with Crippen molar-refractivity contribution < 1.29 is 9.53 Å². The van der Waals surface area contributed by atoms with Crippen LogP contribution in [-0.4, -0.2) is 44.2 Å². The molecule has 5 heteroatoms. The van der Waals surface area contributed by atoms with Gasteiger partial charge in [0.2, 0.25) is 5.91 Å². The van der Waals surface area contributed by atoms with Crippen LogP contribution in [0.3, 0.4) is 0 Å². The maximum absolute atomic E-state index is 12.0. The Kier molecular flexibility index (Phi) is 7.79. The van der Waals surface area contributed by atoms with Gasteiger partial charge in [0.25, 0.3) is 0 Å². The van der Waals surface area contributed by atoms with Gasteiger partial charge >= 0.3 is 0 Å². The van der Waals surface area contributed by atoms with Gasteiger partial charge in [-0.05, 0) is 24.1 Å². The van der Waals surface area contributed by atoms with Crippen LogP contribution in [0.1, 0.15) is 20.3 Å². The molecule has 1 amide bonds. The van der Waals surface area contributed by atoms with E-state index in [1.165, 1.54) is 0 Å². The van der Waals surface area contributed by atoms with Crippen molar-refractivity contribution in [3.63, 3.8) is 0 Å². The van der Waals surface area contributed by atoms with Crippen molar-refractivity contribution in [3.05, 3.63) is 24.3 Å². The molecule has 118 valence electrons. The Morgan fingerprint density at radius 3 is 2.76 bits per heavy atom. The Morgan fingerprint density at radius 1 is 1.38 bits per heavy atom. The first-order valence-corrected chi connectivity index (χ1v) is 7.38. The number of amides is 1. The smallest absolute Gasteiger partial charge is 0.225 e. The molecule has 1 aromatic rings. The number of methoxy groups -OCH3 is 1. The molecule has 0 aliphatic carbocycles. The van der Waals surface area contributed by atoms with Crippen molar-refractivity contribution in [2.45, 2.75) is 20.3 Å². The number of nitrogen functional groups attached to an aromatic ring is 1. The van der Waals surface area contributed by atoms with Crippen molar-refractivity contribution >= 4 is 17.3 Å². The highest BCUT2D eigenvalue weighted by atomic mass is 16.5. The lowest BCUT2D eigenvalue weighted by atomic mass is 10.2. The van der Waals surface area contributed by atoms with Gasteiger partial charge in [0, 0.05) is 44.5 Å². The van der Waals surface area contributed by atoms with Crippen LogP contribution in [0.15, 0.2) is 24.3 Å². The fourth-order valence-corrected chi connectivity index (χ4v) is 2.13. The molecule has 5 nitrogen and oxygen atoms in total. The first kappa shape index (κ1) is 17.5. The van der Waals surface area contributed by atoms with Crippen LogP contribution in [-0.2, 0) is 9.53 Å². The summed E-state index contributed by atoms with van der Waals surface area (Å²) in [5.74, 6) is 0.575. The van der Waals surface area contributed by atoms with Crippen molar-refractivity contribution in [2.24, 2.45) is 5.92 Å². The second-order valence-electron chi connectivity index (χ2n) is 5.61. The molecular formula is C16H27N3O2. The quantitative estimate of drug-likeness (QED) is 0.685. The molecular weight excluding hydrogens is 266 g/mol. The lowest BCUT2D eigenvalue weighted by Gasteiger charge is -2.23. The maximum atomic E-state index is 12.0. The lowest BCUT2D eigenvalue weighted by Crippen LogP contribution is -2.33. The molecule has 0 bridgehead atoms. The number of hydrogen-bond donors (Lipinski definition) is 2. The van der Waals surface area contributed by atoms with E-state index in [0.717, 1.165) is 25.3 Å². The number of nitrogens with one attached hydrogen (secondary N) is 1. The molecule has 0 aliphatic rings. The zero-order valence-corrected chi connectivity index (χ0v) is 13.3. The number of hydrogen-bond acceptors (Lipinski definition) is 4. The Labute approximate surface area is 127 Å². The molecule has 0 aromatic heterocycles. The van der Waals surface area contributed by atoms with Gasteiger partial charge in [-0.1, -0.05) is 19.9 Å². The van der Waals surface area contributed by atoms with Gasteiger partial charge < -0.3 is 20.7 Å². The minimum atomic E-state index is 0.00627. The first-order chi connectivity index (χ1) is 10.0. The lowest BCUT2D eigenvalue weighted by molar-refractivity contribution is -0.116. The molecule has 21 heavy (non-hydrogen) atoms. The zero-order valence-electron chi connectivity index (χ0n) is 13.3. The maximum Gasteiger partial charge on any atom is 0.225 e. The molecule has 0 atom stereocenters. The first-order valence-electron chi connectivity index (χ1n) is 7.38. The largest absolute Gasteiger partial charge is 0.399 e. The summed E-state index contributed by atoms with van der Waals surface area (Å²) in [6, 6.07) is 7.22. The van der Waals surface area contributed by atoms with Crippen LogP contribution in [0.4, 0.5) is 11.4 Å². The summed E-state index contributed by atoms with van der Waals surface area (Å²) >= 11 is 0. The zero-order chi connectivity index (χ0) is 15.7. The summed E-state index contributed by atoms with van der Waals surface area (Å²) in [4.78, 5) is 14.2. The van der Waals surface area contributed by atoms with Gasteiger partial charge in [0.15, 0.2) is 0 Å². The van der Waals surface area contributed by atoms with E-state index in [1.54, 1.807) is 19.2 Å². The van der Waals surface area contributed by atoms with E-state index in [-0.39, 0.29) is 5.91 Å². The third-order valence-electron chi connectivity index (χ3n) is 3.06. The monoisotopic (exact) mass is 293 g/mol. The van der Waals surface area contributed by atoms with Crippen molar-refractivity contribution in [1.82, 2.24) is 4.90 Å². The van der Waals surface area contributed by atoms with Gasteiger partial charge in [-0.15, -0.1) is 0 Å². The molecule has 0 spiro atoms. The molecule has 0 heterocycles. The van der Waals surface area contributed by atoms with Crippen LogP contribution < -0.4 is 11.1 Å². The Hall–Kier alpha value is -1.59. The SMILES string of the molecule is COCCN(CCC(=O)Nc1cccc(N)c1)CC(C)C. The van der Waals surface area contributed by atoms with E-state index in [4.69, 9.17) is 10.5 Å². The molecule has 1 rings (SSSR count). The van der Waals surface area contributed by atoms with E-state index in [0.29, 0.717) is 24.6 Å². The Bertz CT molecular complexity index is 435. The second kappa shape index (κ2) is 9.37. The predicted octanol–water partition coefficient (Wildman–Crippen LogP) is 2.20. The van der Waals surface area contributed by atoms with Gasteiger partial charge in [-0.25, -0.2) is 0 Å². The fraction of sp³-hybridized carbons (Fsp3) is 0.562. The number of nitrogens with zero attached hydrogens (tertiary/aromatic N) is 1. The minimum absolute atomic E-state index is 0.00627. The third kappa shape index (κ3) is 7.68. The van der Waals surface area contributed by atoms with Crippen LogP contribution in [0.25, 0.3) is 0 Å². The summed E-state index contributed by atoms with van der Waals surface area (Å²) in [7, 11) is 1.69. The van der Waals surface area contributed by atoms with E-state index in [1.807, 2.05) is 12.1 Å². The minimum Gasteiger partial charge on any atom is -0.399 e. The molecule has 0 radical (unpaired) electrons. The van der Waals surface area contributed by atoms with Crippen LogP contribution in [0.2, 0.25) is 0 Å². The molecule has 0 fully saturated rings. The predicted molar refractivity (Wildman–Crippen MR) is 87.3 cm³/mol. The van der Waals surface area contributed by atoms with E-state index >= 15 is 0 Å². The average molecular weight is 293 g/mol. The highest BCUT2D eigenvalue weighted by Crippen LogP contribution is 2.12. The molecule has 0 saturated heterocycles. The number of carbonyl (C=O) groups is 1. The summed E-state index contributed by atoms with van der Waals surface area (Å²) < 4.78 is 5.11. The Morgan fingerprint density at radius 2 is 2.14 bits per heavy atom. The highest BCUT2D eigenvalue weighted by Gasteiger charge is 2.10. The number of rotatable bonds is 9. The number of anilines is 2. The van der Waals surface area contributed by atoms with Gasteiger partial charge in [0.1, 0.15) is 0 Å². The standard InChI is InChI=1S/C16H27N3O2/c1-13(2)12-19(9-10-21-3)8-7-16(20)18-15-6-4-5-14(17)11-15/h4-6,11,13H,7-10,12,17H2,1-3H3,(H,18,20). The van der Waals surface area contributed by atoms with Crippen molar-refractivity contribution in [1.29, 1.82) is 0 Å². The normalized spacial score (nSPS) is 11.1. The van der Waals surface area contributed by atoms with Crippen molar-refractivity contribution in [3.8, 4) is 0 Å². The Balaban J connectivity index is 2.41. The average Bonchev–Trinajstić information content (AvgIpc) is 2.41. The second-order valence-corrected chi connectivity index (χ2v) is 5.61. The molecule has 1 aromatic carbocycles. The highest BCUT2D eigenvalue weighted by molar-refractivity contribution is 5.91. The number of carbonyl (C=O) groups excluding carboxylic acids is 1. The summed E-state index contributed by atoms with van der Waals surface area (Å²) in [5.41, 5.74) is 7.08. The van der Waals surface area contributed by atoms with E-state index in [2.05, 4.69) is 24.1 Å². The molecule has 3 N–H and O–H groups in total. The number of ether oxygens (including phenoxy) is 1. The van der Waals surface area contributed by atoms with Gasteiger partial charge in [0.05, 0.1) is 6.61 Å². The van der Waals surface area contributed by atoms with Crippen LogP contribution in [0, 0.1) is 5.92 Å². The number of nitrogens with two attached hydrogens (primary N) is 1. The molecule has 0 aliphatic heterocycles. The van der Waals surface area contributed by atoms with Crippen LogP contribution >= 0.6 is 0 Å². The van der Waals surface area contributed by atoms with Gasteiger partial charge in [-0.2, -0.15) is 0 Å². The van der Waals surface area contributed by atoms with E-state index in [9.17, 15) is 4.79 Å². The topological polar surface area (TPSA) is 67.6 Å². The molecule has 0 unspecified atom stereocenters. The summed E-state index contributed by atoms with van der Waals surface area (Å²) in [6.07, 6.45) is 0.464. The summed E-state index contributed by atoms with van der Waals surface area (Å²) in [6.45, 7) is 7.58. The number of benzene rings is 1.